The van der Waals surface area contributed by atoms with Gasteiger partial charge < -0.3 is 10.9 Å². The number of oxime groups is 1. The average Bonchev–Trinajstić information content (AvgIpc) is 3.36. The second-order valence-corrected chi connectivity index (χ2v) is 9.18. The van der Waals surface area contributed by atoms with Crippen molar-refractivity contribution in [2.75, 3.05) is 0 Å². The first-order chi connectivity index (χ1) is 15.0. The molecule has 3 N–H and O–H groups in total. The number of hydrogen-bond donors (Lipinski definition) is 2. The van der Waals surface area contributed by atoms with Gasteiger partial charge in [-0.1, -0.05) is 29.4 Å². The lowest BCUT2D eigenvalue weighted by atomic mass is 10.0. The van der Waals surface area contributed by atoms with E-state index in [1.807, 2.05) is 18.2 Å². The molecular formula is C22H19N5O3S. The number of nitrogens with two attached hydrogens (primary N) is 1. The largest absolute Gasteiger partial charge is 0.411 e. The van der Waals surface area contributed by atoms with Crippen LogP contribution in [-0.2, 0) is 16.4 Å². The highest BCUT2D eigenvalue weighted by molar-refractivity contribution is 7.90. The summed E-state index contributed by atoms with van der Waals surface area (Å²) in [7, 11) is -3.90. The van der Waals surface area contributed by atoms with Crippen LogP contribution in [0, 0.1) is 0 Å². The molecule has 156 valence electrons. The topological polar surface area (TPSA) is 123 Å². The van der Waals surface area contributed by atoms with Crippen molar-refractivity contribution in [1.82, 2.24) is 13.9 Å². The number of fused-ring (bicyclic) bond motifs is 3. The Morgan fingerprint density at radius 2 is 1.94 bits per heavy atom. The minimum absolute atomic E-state index is 0.0474. The van der Waals surface area contributed by atoms with Crippen molar-refractivity contribution in [2.45, 2.75) is 23.8 Å². The van der Waals surface area contributed by atoms with Gasteiger partial charge in [0.2, 0.25) is 0 Å². The molecular weight excluding hydrogens is 414 g/mol. The quantitative estimate of drug-likeness (QED) is 0.290. The van der Waals surface area contributed by atoms with Crippen LogP contribution < -0.4 is 5.73 Å². The van der Waals surface area contributed by atoms with Crippen LogP contribution in [0.3, 0.4) is 0 Å². The van der Waals surface area contributed by atoms with E-state index in [1.54, 1.807) is 30.3 Å². The normalized spacial score (nSPS) is 16.2. The van der Waals surface area contributed by atoms with Crippen molar-refractivity contribution < 1.29 is 13.6 Å². The van der Waals surface area contributed by atoms with Crippen LogP contribution in [0.1, 0.15) is 29.3 Å². The Labute approximate surface area is 178 Å². The highest BCUT2D eigenvalue weighted by atomic mass is 32.2. The molecule has 2 heterocycles. The monoisotopic (exact) mass is 433 g/mol. The first-order valence-electron chi connectivity index (χ1n) is 9.74. The molecule has 2 aromatic heterocycles. The summed E-state index contributed by atoms with van der Waals surface area (Å²) in [5, 5.41) is 12.5. The molecule has 0 spiro atoms. The molecule has 0 amide bonds. The molecule has 2 aromatic carbocycles. The van der Waals surface area contributed by atoms with Crippen LogP contribution in [0.15, 0.2) is 71.0 Å². The van der Waals surface area contributed by atoms with Gasteiger partial charge in [0, 0.05) is 11.4 Å². The Morgan fingerprint density at radius 3 is 2.65 bits per heavy atom. The molecule has 8 nitrogen and oxygen atoms in total. The van der Waals surface area contributed by atoms with Gasteiger partial charge in [0.15, 0.2) is 0 Å². The molecule has 31 heavy (non-hydrogen) atoms. The summed E-state index contributed by atoms with van der Waals surface area (Å²) in [5.41, 5.74) is 10.1. The fourth-order valence-corrected chi connectivity index (χ4v) is 5.68. The van der Waals surface area contributed by atoms with Crippen molar-refractivity contribution in [3.05, 3.63) is 77.7 Å². The second kappa shape index (κ2) is 7.29. The third-order valence-corrected chi connectivity index (χ3v) is 7.34. The summed E-state index contributed by atoms with van der Waals surface area (Å²) in [5.74, 6) is 0. The number of nitrogens with zero attached hydrogens (tertiary/aromatic N) is 4. The van der Waals surface area contributed by atoms with E-state index in [9.17, 15) is 8.42 Å². The van der Waals surface area contributed by atoms with Crippen molar-refractivity contribution in [3.8, 4) is 11.4 Å². The summed E-state index contributed by atoms with van der Waals surface area (Å²) in [6.45, 7) is 0. The van der Waals surface area contributed by atoms with E-state index in [4.69, 9.17) is 10.9 Å². The zero-order chi connectivity index (χ0) is 21.6. The lowest BCUT2D eigenvalue weighted by Crippen LogP contribution is -2.14. The van der Waals surface area contributed by atoms with Gasteiger partial charge in [0.1, 0.15) is 11.4 Å². The third kappa shape index (κ3) is 3.09. The van der Waals surface area contributed by atoms with E-state index in [0.717, 1.165) is 35.6 Å². The Hall–Kier alpha value is -3.56. The Balaban J connectivity index is 1.81. The predicted octanol–water partition coefficient (Wildman–Crippen LogP) is 3.09. The first kappa shape index (κ1) is 19.4. The van der Waals surface area contributed by atoms with Gasteiger partial charge in [-0.15, -0.1) is 0 Å². The standard InChI is InChI=1S/C22H19N5O3S/c23-19-8-6-16-17(19)7-9-21-18(16)10-22(20-13-24-14(11-25-20)12-26-28)27(21)31(29,30)15-4-2-1-3-5-15/h1-5,7,9-13,19,28H,6,8,23H2/b26-12-/t19-/m1/s1. The van der Waals surface area contributed by atoms with Crippen LogP contribution in [0.2, 0.25) is 0 Å². The van der Waals surface area contributed by atoms with E-state index in [0.29, 0.717) is 22.6 Å². The lowest BCUT2D eigenvalue weighted by molar-refractivity contribution is 0.321. The van der Waals surface area contributed by atoms with Crippen molar-refractivity contribution >= 4 is 27.1 Å². The van der Waals surface area contributed by atoms with Gasteiger partial charge in [-0.25, -0.2) is 12.4 Å². The molecule has 1 atom stereocenters. The summed E-state index contributed by atoms with van der Waals surface area (Å²) >= 11 is 0. The summed E-state index contributed by atoms with van der Waals surface area (Å²) in [6, 6.07) is 13.8. The van der Waals surface area contributed by atoms with E-state index in [2.05, 4.69) is 15.1 Å². The fraction of sp³-hybridized carbons (Fsp3) is 0.136. The van der Waals surface area contributed by atoms with Gasteiger partial charge in [-0.3, -0.25) is 9.97 Å². The number of aryl methyl sites for hydroxylation is 1. The van der Waals surface area contributed by atoms with Crippen molar-refractivity contribution in [2.24, 2.45) is 10.9 Å². The van der Waals surface area contributed by atoms with Gasteiger partial charge in [-0.2, -0.15) is 0 Å². The molecule has 0 saturated heterocycles. The van der Waals surface area contributed by atoms with Crippen LogP contribution in [0.25, 0.3) is 22.3 Å². The Kier molecular flexibility index (Phi) is 4.57. The highest BCUT2D eigenvalue weighted by Gasteiger charge is 2.28. The second-order valence-electron chi connectivity index (χ2n) is 7.39. The minimum atomic E-state index is -3.90. The number of benzene rings is 2. The van der Waals surface area contributed by atoms with Crippen LogP contribution >= 0.6 is 0 Å². The number of rotatable bonds is 4. The molecule has 0 saturated carbocycles. The van der Waals surface area contributed by atoms with Gasteiger partial charge in [0.05, 0.1) is 34.7 Å². The SMILES string of the molecule is N[C@@H]1CCc2c1ccc1c2cc(-c2cnc(/C=N\O)cn2)n1S(=O)(=O)c1ccccc1. The molecule has 1 aliphatic rings. The molecule has 1 aliphatic carbocycles. The van der Waals surface area contributed by atoms with Crippen molar-refractivity contribution in [1.29, 1.82) is 0 Å². The Bertz CT molecular complexity index is 1410. The molecule has 0 bridgehead atoms. The molecule has 5 rings (SSSR count). The van der Waals surface area contributed by atoms with E-state index >= 15 is 0 Å². The maximum atomic E-state index is 13.7. The molecule has 0 fully saturated rings. The summed E-state index contributed by atoms with van der Waals surface area (Å²) in [4.78, 5) is 8.74. The number of hydrogen-bond acceptors (Lipinski definition) is 7. The summed E-state index contributed by atoms with van der Waals surface area (Å²) < 4.78 is 28.7. The molecule has 0 unspecified atom stereocenters. The lowest BCUT2D eigenvalue weighted by Gasteiger charge is -2.12. The van der Waals surface area contributed by atoms with E-state index < -0.39 is 10.0 Å². The molecule has 0 radical (unpaired) electrons. The zero-order valence-electron chi connectivity index (χ0n) is 16.4. The van der Waals surface area contributed by atoms with Crippen molar-refractivity contribution in [3.63, 3.8) is 0 Å². The van der Waals surface area contributed by atoms with Crippen LogP contribution in [0.5, 0.6) is 0 Å². The van der Waals surface area contributed by atoms with E-state index in [1.165, 1.54) is 16.4 Å². The smallest absolute Gasteiger partial charge is 0.268 e. The van der Waals surface area contributed by atoms with E-state index in [-0.39, 0.29) is 10.9 Å². The zero-order valence-corrected chi connectivity index (χ0v) is 17.2. The molecule has 9 heteroatoms. The van der Waals surface area contributed by atoms with Gasteiger partial charge in [0.25, 0.3) is 10.0 Å². The van der Waals surface area contributed by atoms with Gasteiger partial charge in [-0.05, 0) is 48.2 Å². The van der Waals surface area contributed by atoms with Crippen LogP contribution in [-0.4, -0.2) is 33.8 Å². The predicted molar refractivity (Wildman–Crippen MR) is 117 cm³/mol. The van der Waals surface area contributed by atoms with Crippen LogP contribution in [0.4, 0.5) is 0 Å². The maximum absolute atomic E-state index is 13.7. The Morgan fingerprint density at radius 1 is 1.13 bits per heavy atom. The highest BCUT2D eigenvalue weighted by Crippen LogP contribution is 2.39. The molecule has 4 aromatic rings. The first-order valence-corrected chi connectivity index (χ1v) is 11.2. The molecule has 0 aliphatic heterocycles. The fourth-order valence-electron chi connectivity index (χ4n) is 4.15. The van der Waals surface area contributed by atoms with Gasteiger partial charge >= 0.3 is 0 Å². The minimum Gasteiger partial charge on any atom is -0.411 e. The average molecular weight is 433 g/mol. The number of aromatic nitrogens is 3. The summed E-state index contributed by atoms with van der Waals surface area (Å²) in [6.07, 6.45) is 5.66. The third-order valence-electron chi connectivity index (χ3n) is 5.60. The maximum Gasteiger partial charge on any atom is 0.268 e.